The van der Waals surface area contributed by atoms with Crippen LogP contribution in [0, 0.1) is 16.7 Å². The fourth-order valence-corrected chi connectivity index (χ4v) is 3.79. The molecule has 1 saturated carbocycles. The Bertz CT molecular complexity index is 509. The van der Waals surface area contributed by atoms with E-state index in [2.05, 4.69) is 48.9 Å². The molecule has 1 aromatic rings. The van der Waals surface area contributed by atoms with E-state index in [-0.39, 0.29) is 0 Å². The number of anilines is 1. The molecular weight excluding hydrogens is 320 g/mol. The van der Waals surface area contributed by atoms with Crippen LogP contribution in [0.2, 0.25) is 0 Å². The number of hydrogen-bond donors (Lipinski definition) is 2. The maximum absolute atomic E-state index is 5.65. The molecule has 19 heavy (non-hydrogen) atoms. The summed E-state index contributed by atoms with van der Waals surface area (Å²) in [5.41, 5.74) is 8.46. The van der Waals surface area contributed by atoms with Gasteiger partial charge in [0.15, 0.2) is 0 Å². The minimum Gasteiger partial charge on any atom is -0.389 e. The van der Waals surface area contributed by atoms with Crippen molar-refractivity contribution in [3.05, 3.63) is 28.2 Å². The van der Waals surface area contributed by atoms with Gasteiger partial charge in [-0.1, -0.05) is 39.9 Å². The summed E-state index contributed by atoms with van der Waals surface area (Å²) in [5, 5.41) is 3.51. The zero-order valence-corrected chi connectivity index (χ0v) is 14.3. The molecule has 2 rings (SSSR count). The molecule has 0 heterocycles. The van der Waals surface area contributed by atoms with Gasteiger partial charge in [-0.05, 0) is 50.9 Å². The van der Waals surface area contributed by atoms with Gasteiger partial charge in [0.05, 0.1) is 0 Å². The van der Waals surface area contributed by atoms with E-state index in [1.807, 2.05) is 18.2 Å². The molecule has 2 nitrogen and oxygen atoms in total. The predicted octanol–water partition coefficient (Wildman–Crippen LogP) is 4.18. The van der Waals surface area contributed by atoms with Crippen molar-refractivity contribution in [3.8, 4) is 0 Å². The molecule has 0 bridgehead atoms. The van der Waals surface area contributed by atoms with Gasteiger partial charge in [0.25, 0.3) is 0 Å². The van der Waals surface area contributed by atoms with Crippen molar-refractivity contribution in [2.24, 2.45) is 22.5 Å². The minimum absolute atomic E-state index is 0.413. The number of benzene rings is 1. The van der Waals surface area contributed by atoms with Crippen molar-refractivity contribution in [3.63, 3.8) is 0 Å². The molecule has 1 aliphatic rings. The normalized spacial score (nSPS) is 20.1. The third kappa shape index (κ3) is 2.52. The van der Waals surface area contributed by atoms with Crippen LogP contribution >= 0.6 is 28.1 Å². The fourth-order valence-electron chi connectivity index (χ4n) is 2.89. The van der Waals surface area contributed by atoms with E-state index in [1.54, 1.807) is 0 Å². The predicted molar refractivity (Wildman–Crippen MR) is 89.6 cm³/mol. The van der Waals surface area contributed by atoms with E-state index >= 15 is 0 Å². The van der Waals surface area contributed by atoms with Crippen molar-refractivity contribution in [2.75, 3.05) is 11.9 Å². The van der Waals surface area contributed by atoms with Gasteiger partial charge >= 0.3 is 0 Å². The Morgan fingerprint density at radius 1 is 1.32 bits per heavy atom. The minimum atomic E-state index is 0.413. The Balaban J connectivity index is 2.02. The van der Waals surface area contributed by atoms with Gasteiger partial charge in [-0.3, -0.25) is 0 Å². The lowest BCUT2D eigenvalue weighted by Crippen LogP contribution is -2.11. The average Bonchev–Trinajstić information content (AvgIpc) is 2.66. The molecule has 0 aromatic heterocycles. The van der Waals surface area contributed by atoms with E-state index < -0.39 is 0 Å². The molecule has 0 amide bonds. The zero-order chi connectivity index (χ0) is 14.4. The van der Waals surface area contributed by atoms with Gasteiger partial charge in [0, 0.05) is 22.3 Å². The Morgan fingerprint density at radius 2 is 1.89 bits per heavy atom. The largest absolute Gasteiger partial charge is 0.389 e. The van der Waals surface area contributed by atoms with Crippen LogP contribution in [0.4, 0.5) is 5.69 Å². The molecule has 104 valence electrons. The highest BCUT2D eigenvalue weighted by Crippen LogP contribution is 2.68. The smallest absolute Gasteiger partial charge is 0.105 e. The lowest BCUT2D eigenvalue weighted by Gasteiger charge is -2.10. The number of nitrogens with one attached hydrogen (secondary N) is 1. The second kappa shape index (κ2) is 4.74. The first-order valence-electron chi connectivity index (χ1n) is 6.51. The Hall–Kier alpha value is -0.610. The fraction of sp³-hybridized carbons (Fsp3) is 0.533. The summed E-state index contributed by atoms with van der Waals surface area (Å²) in [6.45, 7) is 10.4. The monoisotopic (exact) mass is 340 g/mol. The molecule has 0 radical (unpaired) electrons. The second-order valence-corrected chi connectivity index (χ2v) is 7.73. The molecule has 0 aliphatic heterocycles. The van der Waals surface area contributed by atoms with Crippen LogP contribution < -0.4 is 11.1 Å². The highest BCUT2D eigenvalue weighted by Gasteiger charge is 2.63. The van der Waals surface area contributed by atoms with Crippen LogP contribution in [0.25, 0.3) is 0 Å². The molecule has 0 spiro atoms. The maximum atomic E-state index is 5.65. The number of halogens is 1. The zero-order valence-electron chi connectivity index (χ0n) is 11.9. The Kier molecular flexibility index (Phi) is 3.69. The van der Waals surface area contributed by atoms with Crippen LogP contribution in [-0.4, -0.2) is 11.5 Å². The van der Waals surface area contributed by atoms with Crippen molar-refractivity contribution in [2.45, 2.75) is 27.7 Å². The summed E-state index contributed by atoms with van der Waals surface area (Å²) >= 11 is 8.50. The van der Waals surface area contributed by atoms with E-state index in [9.17, 15) is 0 Å². The van der Waals surface area contributed by atoms with E-state index in [4.69, 9.17) is 18.0 Å². The van der Waals surface area contributed by atoms with Crippen LogP contribution in [0.1, 0.15) is 33.3 Å². The number of thiocarbonyl (C=S) groups is 1. The summed E-state index contributed by atoms with van der Waals surface area (Å²) in [7, 11) is 0. The van der Waals surface area contributed by atoms with Gasteiger partial charge in [0.2, 0.25) is 0 Å². The lowest BCUT2D eigenvalue weighted by atomic mass is 10.0. The maximum Gasteiger partial charge on any atom is 0.105 e. The van der Waals surface area contributed by atoms with Crippen molar-refractivity contribution in [1.29, 1.82) is 0 Å². The van der Waals surface area contributed by atoms with Crippen LogP contribution in [0.5, 0.6) is 0 Å². The molecular formula is C15H21BrN2S. The topological polar surface area (TPSA) is 38.0 Å². The van der Waals surface area contributed by atoms with Gasteiger partial charge in [-0.2, -0.15) is 0 Å². The van der Waals surface area contributed by atoms with Gasteiger partial charge in [0.1, 0.15) is 4.99 Å². The van der Waals surface area contributed by atoms with E-state index in [0.717, 1.165) is 22.3 Å². The first kappa shape index (κ1) is 14.8. The third-order valence-corrected chi connectivity index (χ3v) is 5.94. The van der Waals surface area contributed by atoms with E-state index in [0.29, 0.717) is 21.7 Å². The SMILES string of the molecule is CC1(C)C(CNc2ccc(C(N)=S)c(Br)c2)C1(C)C. The van der Waals surface area contributed by atoms with Gasteiger partial charge in [-0.15, -0.1) is 0 Å². The summed E-state index contributed by atoms with van der Waals surface area (Å²) in [6, 6.07) is 6.02. The Labute approximate surface area is 129 Å². The van der Waals surface area contributed by atoms with Gasteiger partial charge in [-0.25, -0.2) is 0 Å². The third-order valence-electron chi connectivity index (χ3n) is 5.06. The van der Waals surface area contributed by atoms with Crippen molar-refractivity contribution < 1.29 is 0 Å². The van der Waals surface area contributed by atoms with Crippen LogP contribution in [0.15, 0.2) is 22.7 Å². The summed E-state index contributed by atoms with van der Waals surface area (Å²) in [4.78, 5) is 0.419. The molecule has 0 atom stereocenters. The molecule has 0 unspecified atom stereocenters. The molecule has 4 heteroatoms. The molecule has 3 N–H and O–H groups in total. The lowest BCUT2D eigenvalue weighted by molar-refractivity contribution is 0.457. The summed E-state index contributed by atoms with van der Waals surface area (Å²) in [5.74, 6) is 0.703. The first-order valence-corrected chi connectivity index (χ1v) is 7.71. The molecule has 0 saturated heterocycles. The number of hydrogen-bond acceptors (Lipinski definition) is 2. The highest BCUT2D eigenvalue weighted by molar-refractivity contribution is 9.10. The average molecular weight is 341 g/mol. The van der Waals surface area contributed by atoms with Gasteiger partial charge < -0.3 is 11.1 Å². The molecule has 1 fully saturated rings. The van der Waals surface area contributed by atoms with Crippen molar-refractivity contribution >= 4 is 38.8 Å². The number of rotatable bonds is 4. The standard InChI is InChI=1S/C15H21BrN2S/c1-14(2)12(15(14,3)4)8-18-9-5-6-10(13(17)19)11(16)7-9/h5-7,12,18H,8H2,1-4H3,(H2,17,19). The van der Waals surface area contributed by atoms with Crippen LogP contribution in [0.3, 0.4) is 0 Å². The van der Waals surface area contributed by atoms with Crippen molar-refractivity contribution in [1.82, 2.24) is 0 Å². The second-order valence-electron chi connectivity index (χ2n) is 6.44. The quantitative estimate of drug-likeness (QED) is 0.807. The van der Waals surface area contributed by atoms with Crippen LogP contribution in [-0.2, 0) is 0 Å². The molecule has 1 aliphatic carbocycles. The number of nitrogens with two attached hydrogens (primary N) is 1. The summed E-state index contributed by atoms with van der Waals surface area (Å²) in [6.07, 6.45) is 0. The Morgan fingerprint density at radius 3 is 2.32 bits per heavy atom. The highest BCUT2D eigenvalue weighted by atomic mass is 79.9. The first-order chi connectivity index (χ1) is 8.68. The molecule has 1 aromatic carbocycles. The van der Waals surface area contributed by atoms with E-state index in [1.165, 1.54) is 0 Å². The summed E-state index contributed by atoms with van der Waals surface area (Å²) < 4.78 is 0.944.